The highest BCUT2D eigenvalue weighted by atomic mass is 16.5. The van der Waals surface area contributed by atoms with Crippen LogP contribution in [0.2, 0.25) is 0 Å². The molecule has 1 saturated heterocycles. The van der Waals surface area contributed by atoms with Crippen molar-refractivity contribution in [1.29, 1.82) is 0 Å². The second kappa shape index (κ2) is 10.1. The van der Waals surface area contributed by atoms with Crippen molar-refractivity contribution in [2.24, 2.45) is 5.92 Å². The van der Waals surface area contributed by atoms with Gasteiger partial charge in [0, 0.05) is 13.0 Å². The number of carbonyl (C=O) groups excluding carboxylic acids is 1. The first kappa shape index (κ1) is 20.9. The van der Waals surface area contributed by atoms with Crippen LogP contribution in [-0.4, -0.2) is 37.1 Å². The first-order chi connectivity index (χ1) is 14.7. The van der Waals surface area contributed by atoms with Gasteiger partial charge in [0.25, 0.3) is 0 Å². The number of likely N-dealkylation sites (tertiary alicyclic amines) is 1. The number of rotatable bonds is 6. The Morgan fingerprint density at radius 2 is 1.60 bits per heavy atom. The van der Waals surface area contributed by atoms with Crippen LogP contribution >= 0.6 is 0 Å². The zero-order valence-corrected chi connectivity index (χ0v) is 18.1. The van der Waals surface area contributed by atoms with Gasteiger partial charge >= 0.3 is 5.97 Å². The number of benzene rings is 2. The molecule has 2 aromatic carbocycles. The lowest BCUT2D eigenvalue weighted by Gasteiger charge is -2.31. The van der Waals surface area contributed by atoms with Gasteiger partial charge in [0.1, 0.15) is 0 Å². The standard InChI is InChI=1S/C27H33NO2/c1-2-30-27(29)14-11-21-15-18-28(19-16-21)20-17-26-24-9-5-3-7-22(24)12-13-23-8-4-6-10-25(23)26/h3-10,17,21H,2,11-16,18-20H2,1H3. The Labute approximate surface area is 180 Å². The summed E-state index contributed by atoms with van der Waals surface area (Å²) in [6.45, 7) is 5.57. The number of aryl methyl sites for hydroxylation is 2. The van der Waals surface area contributed by atoms with Crippen molar-refractivity contribution in [3.8, 4) is 0 Å². The SMILES string of the molecule is CCOC(=O)CCC1CCN(CC=C2c3ccccc3CCc3ccccc32)CC1. The summed E-state index contributed by atoms with van der Waals surface area (Å²) in [6, 6.07) is 17.8. The smallest absolute Gasteiger partial charge is 0.305 e. The molecule has 0 spiro atoms. The van der Waals surface area contributed by atoms with Crippen molar-refractivity contribution < 1.29 is 9.53 Å². The lowest BCUT2D eigenvalue weighted by molar-refractivity contribution is -0.143. The number of hydrogen-bond donors (Lipinski definition) is 0. The van der Waals surface area contributed by atoms with Crippen molar-refractivity contribution in [1.82, 2.24) is 4.90 Å². The maximum Gasteiger partial charge on any atom is 0.305 e. The number of piperidine rings is 1. The molecule has 0 amide bonds. The van der Waals surface area contributed by atoms with E-state index in [2.05, 4.69) is 59.5 Å². The van der Waals surface area contributed by atoms with Gasteiger partial charge in [-0.15, -0.1) is 0 Å². The molecular formula is C27H33NO2. The molecule has 0 N–H and O–H groups in total. The first-order valence-electron chi connectivity index (χ1n) is 11.5. The summed E-state index contributed by atoms with van der Waals surface area (Å²) in [5.41, 5.74) is 7.09. The van der Waals surface area contributed by atoms with Crippen LogP contribution in [0.1, 0.15) is 54.9 Å². The molecule has 0 saturated carbocycles. The van der Waals surface area contributed by atoms with Crippen LogP contribution in [0.5, 0.6) is 0 Å². The molecule has 0 bridgehead atoms. The fourth-order valence-corrected chi connectivity index (χ4v) is 4.87. The van der Waals surface area contributed by atoms with Gasteiger partial charge in [0.15, 0.2) is 0 Å². The lowest BCUT2D eigenvalue weighted by Crippen LogP contribution is -2.34. The summed E-state index contributed by atoms with van der Waals surface area (Å²) in [6.07, 6.45) is 8.55. The van der Waals surface area contributed by atoms with Crippen LogP contribution in [0.4, 0.5) is 0 Å². The summed E-state index contributed by atoms with van der Waals surface area (Å²) in [5.74, 6) is 0.605. The van der Waals surface area contributed by atoms with E-state index < -0.39 is 0 Å². The predicted octanol–water partition coefficient (Wildman–Crippen LogP) is 5.27. The second-order valence-electron chi connectivity index (χ2n) is 8.52. The monoisotopic (exact) mass is 403 g/mol. The van der Waals surface area contributed by atoms with Crippen molar-refractivity contribution in [2.75, 3.05) is 26.2 Å². The van der Waals surface area contributed by atoms with E-state index in [0.717, 1.165) is 38.9 Å². The van der Waals surface area contributed by atoms with Gasteiger partial charge < -0.3 is 4.74 Å². The lowest BCUT2D eigenvalue weighted by atomic mass is 9.91. The largest absolute Gasteiger partial charge is 0.466 e. The summed E-state index contributed by atoms with van der Waals surface area (Å²) >= 11 is 0. The molecule has 1 fully saturated rings. The van der Waals surface area contributed by atoms with Crippen LogP contribution in [0.3, 0.4) is 0 Å². The van der Waals surface area contributed by atoms with Gasteiger partial charge in [-0.25, -0.2) is 0 Å². The average Bonchev–Trinajstić information content (AvgIpc) is 2.94. The minimum absolute atomic E-state index is 0.0460. The van der Waals surface area contributed by atoms with Crippen molar-refractivity contribution in [3.63, 3.8) is 0 Å². The van der Waals surface area contributed by atoms with Crippen LogP contribution < -0.4 is 0 Å². The van der Waals surface area contributed by atoms with Crippen molar-refractivity contribution >= 4 is 11.5 Å². The van der Waals surface area contributed by atoms with E-state index >= 15 is 0 Å². The average molecular weight is 404 g/mol. The first-order valence-corrected chi connectivity index (χ1v) is 11.5. The minimum atomic E-state index is -0.0460. The molecular weight excluding hydrogens is 370 g/mol. The molecule has 0 atom stereocenters. The van der Waals surface area contributed by atoms with E-state index in [1.165, 1.54) is 40.7 Å². The molecule has 2 aliphatic rings. The van der Waals surface area contributed by atoms with E-state index in [0.29, 0.717) is 18.9 Å². The quantitative estimate of drug-likeness (QED) is 0.615. The summed E-state index contributed by atoms with van der Waals surface area (Å²) in [4.78, 5) is 14.2. The Bertz CT molecular complexity index is 844. The number of nitrogens with zero attached hydrogens (tertiary/aromatic N) is 1. The van der Waals surface area contributed by atoms with E-state index in [-0.39, 0.29) is 5.97 Å². The normalized spacial score (nSPS) is 17.0. The Hall–Kier alpha value is -2.39. The highest BCUT2D eigenvalue weighted by Gasteiger charge is 2.21. The molecule has 3 heteroatoms. The number of carbonyl (C=O) groups is 1. The third-order valence-electron chi connectivity index (χ3n) is 6.60. The second-order valence-corrected chi connectivity index (χ2v) is 8.52. The van der Waals surface area contributed by atoms with Gasteiger partial charge in [0.2, 0.25) is 0 Å². The third kappa shape index (κ3) is 5.02. The summed E-state index contributed by atoms with van der Waals surface area (Å²) in [5, 5.41) is 0. The maximum atomic E-state index is 11.6. The van der Waals surface area contributed by atoms with Gasteiger partial charge in [-0.3, -0.25) is 9.69 Å². The van der Waals surface area contributed by atoms with Gasteiger partial charge in [-0.1, -0.05) is 54.6 Å². The Morgan fingerprint density at radius 3 is 2.20 bits per heavy atom. The molecule has 0 aromatic heterocycles. The number of ether oxygens (including phenoxy) is 1. The molecule has 4 rings (SSSR count). The Balaban J connectivity index is 1.42. The van der Waals surface area contributed by atoms with E-state index in [1.807, 2.05) is 6.92 Å². The van der Waals surface area contributed by atoms with E-state index in [1.54, 1.807) is 0 Å². The van der Waals surface area contributed by atoms with Crippen LogP contribution in [-0.2, 0) is 22.4 Å². The fraction of sp³-hybridized carbons (Fsp3) is 0.444. The predicted molar refractivity (Wildman–Crippen MR) is 122 cm³/mol. The highest BCUT2D eigenvalue weighted by Crippen LogP contribution is 2.33. The van der Waals surface area contributed by atoms with Crippen LogP contribution in [0, 0.1) is 5.92 Å². The number of esters is 1. The number of fused-ring (bicyclic) bond motifs is 2. The third-order valence-corrected chi connectivity index (χ3v) is 6.60. The molecule has 0 unspecified atom stereocenters. The fourth-order valence-electron chi connectivity index (χ4n) is 4.87. The van der Waals surface area contributed by atoms with E-state index in [4.69, 9.17) is 4.74 Å². The number of hydrogen-bond acceptors (Lipinski definition) is 3. The molecule has 3 nitrogen and oxygen atoms in total. The minimum Gasteiger partial charge on any atom is -0.466 e. The molecule has 1 aliphatic carbocycles. The molecule has 158 valence electrons. The maximum absolute atomic E-state index is 11.6. The Morgan fingerprint density at radius 1 is 1.00 bits per heavy atom. The van der Waals surface area contributed by atoms with Gasteiger partial charge in [-0.05, 0) is 85.9 Å². The van der Waals surface area contributed by atoms with Crippen LogP contribution in [0.15, 0.2) is 54.6 Å². The van der Waals surface area contributed by atoms with Gasteiger partial charge in [0.05, 0.1) is 6.61 Å². The molecule has 30 heavy (non-hydrogen) atoms. The zero-order valence-electron chi connectivity index (χ0n) is 18.1. The topological polar surface area (TPSA) is 29.5 Å². The molecule has 1 heterocycles. The summed E-state index contributed by atoms with van der Waals surface area (Å²) < 4.78 is 5.07. The van der Waals surface area contributed by atoms with Crippen LogP contribution in [0.25, 0.3) is 5.57 Å². The Kier molecular flexibility index (Phi) is 7.01. The van der Waals surface area contributed by atoms with Crippen molar-refractivity contribution in [3.05, 3.63) is 76.9 Å². The van der Waals surface area contributed by atoms with Crippen molar-refractivity contribution in [2.45, 2.75) is 45.4 Å². The zero-order chi connectivity index (χ0) is 20.8. The highest BCUT2D eigenvalue weighted by molar-refractivity contribution is 5.84. The van der Waals surface area contributed by atoms with E-state index in [9.17, 15) is 4.79 Å². The van der Waals surface area contributed by atoms with Gasteiger partial charge in [-0.2, -0.15) is 0 Å². The molecule has 1 aliphatic heterocycles. The molecule has 2 aromatic rings. The molecule has 0 radical (unpaired) electrons. The summed E-state index contributed by atoms with van der Waals surface area (Å²) in [7, 11) is 0.